The Kier molecular flexibility index (Phi) is 21.8. The first-order valence-corrected chi connectivity index (χ1v) is 17.0. The molecule has 3 nitrogen and oxygen atoms in total. The van der Waals surface area contributed by atoms with Crippen molar-refractivity contribution in [2.75, 3.05) is 6.61 Å². The van der Waals surface area contributed by atoms with Crippen LogP contribution in [0.15, 0.2) is 24.8 Å². The van der Waals surface area contributed by atoms with Crippen LogP contribution in [0.1, 0.15) is 181 Å². The minimum atomic E-state index is -0.229. The van der Waals surface area contributed by atoms with Crippen LogP contribution in [0.5, 0.6) is 5.75 Å². The number of unbranched alkanes of at least 4 members (excludes halogenated alkanes) is 15. The zero-order valence-electron chi connectivity index (χ0n) is 28.6. The van der Waals surface area contributed by atoms with E-state index in [0.29, 0.717) is 18.6 Å². The van der Waals surface area contributed by atoms with Crippen molar-refractivity contribution >= 4 is 5.97 Å². The van der Waals surface area contributed by atoms with Gasteiger partial charge in [-0.25, -0.2) is 0 Å². The number of carbonyl (C=O) groups is 1. The van der Waals surface area contributed by atoms with Gasteiger partial charge in [0, 0.05) is 6.42 Å². The Balaban J connectivity index is 0.000000807. The Morgan fingerprint density at radius 1 is 0.707 bits per heavy atom. The molecule has 41 heavy (non-hydrogen) atoms. The molecule has 0 bridgehead atoms. The van der Waals surface area contributed by atoms with E-state index in [1.165, 1.54) is 103 Å². The summed E-state index contributed by atoms with van der Waals surface area (Å²) >= 11 is 0. The van der Waals surface area contributed by atoms with Crippen LogP contribution in [-0.4, -0.2) is 17.7 Å². The maximum Gasteiger partial charge on any atom is 0.306 e. The van der Waals surface area contributed by atoms with E-state index < -0.39 is 0 Å². The monoisotopic (exact) mass is 573 g/mol. The molecule has 0 radical (unpaired) electrons. The molecule has 0 atom stereocenters. The van der Waals surface area contributed by atoms with Gasteiger partial charge >= 0.3 is 5.97 Å². The fourth-order valence-corrected chi connectivity index (χ4v) is 5.07. The van der Waals surface area contributed by atoms with Crippen molar-refractivity contribution in [2.45, 2.75) is 182 Å². The summed E-state index contributed by atoms with van der Waals surface area (Å²) < 4.78 is 5.03. The maximum atomic E-state index is 11.7. The molecule has 0 amide bonds. The Hall–Kier alpha value is -1.77. The number of hydrogen-bond donors (Lipinski definition) is 1. The molecule has 0 saturated heterocycles. The van der Waals surface area contributed by atoms with Crippen molar-refractivity contribution in [1.29, 1.82) is 0 Å². The van der Waals surface area contributed by atoms with Gasteiger partial charge in [0.25, 0.3) is 0 Å². The molecule has 238 valence electrons. The van der Waals surface area contributed by atoms with Crippen LogP contribution < -0.4 is 0 Å². The van der Waals surface area contributed by atoms with E-state index in [-0.39, 0.29) is 23.4 Å². The highest BCUT2D eigenvalue weighted by molar-refractivity contribution is 5.70. The fraction of sp³-hybridized carbons (Fsp3) is 0.763. The van der Waals surface area contributed by atoms with E-state index in [1.54, 1.807) is 6.08 Å². The molecule has 0 unspecified atom stereocenters. The molecule has 0 spiro atoms. The summed E-state index contributed by atoms with van der Waals surface area (Å²) in [6.07, 6.45) is 25.9. The number of rotatable bonds is 20. The van der Waals surface area contributed by atoms with Crippen LogP contribution in [0.2, 0.25) is 0 Å². The lowest BCUT2D eigenvalue weighted by Crippen LogP contribution is -2.18. The van der Waals surface area contributed by atoms with E-state index >= 15 is 0 Å². The maximum absolute atomic E-state index is 11.7. The molecule has 0 aromatic heterocycles. The minimum Gasteiger partial charge on any atom is -0.507 e. The van der Waals surface area contributed by atoms with E-state index in [1.807, 2.05) is 12.1 Å². The van der Waals surface area contributed by atoms with Crippen molar-refractivity contribution in [1.82, 2.24) is 0 Å². The van der Waals surface area contributed by atoms with Crippen LogP contribution in [-0.2, 0) is 26.8 Å². The third-order valence-corrected chi connectivity index (χ3v) is 7.72. The van der Waals surface area contributed by atoms with Crippen LogP contribution in [0.25, 0.3) is 0 Å². The number of aryl methyl sites for hydroxylation is 1. The van der Waals surface area contributed by atoms with Gasteiger partial charge in [0.05, 0.1) is 0 Å². The molecule has 1 aromatic rings. The number of ether oxygens (including phenoxy) is 1. The quantitative estimate of drug-likeness (QED) is 0.0960. The second-order valence-corrected chi connectivity index (χ2v) is 14.0. The number of phenols is 1. The van der Waals surface area contributed by atoms with E-state index in [9.17, 15) is 9.90 Å². The average Bonchev–Trinajstić information content (AvgIpc) is 2.90. The first-order chi connectivity index (χ1) is 19.4. The highest BCUT2D eigenvalue weighted by Gasteiger charge is 2.26. The Labute approximate surface area is 255 Å². The molecular weight excluding hydrogens is 504 g/mol. The number of esters is 1. The second-order valence-electron chi connectivity index (χ2n) is 14.0. The van der Waals surface area contributed by atoms with Crippen LogP contribution in [0.4, 0.5) is 0 Å². The summed E-state index contributed by atoms with van der Waals surface area (Å²) in [7, 11) is 0. The SMILES string of the molecule is C=CCOC(=O)CCc1cc(C(C)(C)C)c(O)c(C(C)(C)C)c1.CCCCCCCCCCCCCCCCCC. The lowest BCUT2D eigenvalue weighted by Gasteiger charge is -2.28. The van der Waals surface area contributed by atoms with Crippen LogP contribution in [0.3, 0.4) is 0 Å². The third-order valence-electron chi connectivity index (χ3n) is 7.72. The predicted molar refractivity (Wildman–Crippen MR) is 180 cm³/mol. The van der Waals surface area contributed by atoms with Gasteiger partial charge in [-0.15, -0.1) is 0 Å². The summed E-state index contributed by atoms with van der Waals surface area (Å²) in [6.45, 7) is 20.8. The third kappa shape index (κ3) is 19.9. The second kappa shape index (κ2) is 22.8. The summed E-state index contributed by atoms with van der Waals surface area (Å²) in [5.41, 5.74) is 2.55. The standard InChI is InChI=1S/C20H30O3.C18H38/c1-8-11-23-17(21)10-9-14-12-15(19(2,3)4)18(22)16(13-14)20(5,6)7;1-3-5-7-9-11-13-15-17-18-16-14-12-10-8-6-4-2/h8,12-13,22H,1,9-11H2,2-7H3;3-18H2,1-2H3. The van der Waals surface area contributed by atoms with Crippen molar-refractivity contribution < 1.29 is 14.6 Å². The molecule has 0 aliphatic rings. The fourth-order valence-electron chi connectivity index (χ4n) is 5.07. The van der Waals surface area contributed by atoms with Crippen LogP contribution in [0, 0.1) is 0 Å². The van der Waals surface area contributed by atoms with Gasteiger partial charge in [-0.05, 0) is 33.9 Å². The number of phenolic OH excluding ortho intramolecular Hbond substituents is 1. The largest absolute Gasteiger partial charge is 0.507 e. The molecule has 0 heterocycles. The number of benzene rings is 1. The van der Waals surface area contributed by atoms with Gasteiger partial charge in [0.15, 0.2) is 0 Å². The van der Waals surface area contributed by atoms with Gasteiger partial charge in [-0.2, -0.15) is 0 Å². The van der Waals surface area contributed by atoms with Crippen molar-refractivity contribution in [3.63, 3.8) is 0 Å². The van der Waals surface area contributed by atoms with E-state index in [2.05, 4.69) is 62.0 Å². The molecular formula is C38H68O3. The lowest BCUT2D eigenvalue weighted by molar-refractivity contribution is -0.142. The minimum absolute atomic E-state index is 0.163. The molecule has 3 heteroatoms. The Morgan fingerprint density at radius 3 is 1.34 bits per heavy atom. The Bertz CT molecular complexity index is 759. The topological polar surface area (TPSA) is 46.5 Å². The number of carbonyl (C=O) groups excluding carboxylic acids is 1. The first kappa shape index (κ1) is 39.2. The molecule has 0 fully saturated rings. The first-order valence-electron chi connectivity index (χ1n) is 17.0. The Morgan fingerprint density at radius 2 is 1.05 bits per heavy atom. The van der Waals surface area contributed by atoms with Crippen LogP contribution >= 0.6 is 0 Å². The highest BCUT2D eigenvalue weighted by Crippen LogP contribution is 2.40. The predicted octanol–water partition coefficient (Wildman–Crippen LogP) is 11.9. The van der Waals surface area contributed by atoms with Crippen molar-refractivity contribution in [3.8, 4) is 5.75 Å². The van der Waals surface area contributed by atoms with Crippen molar-refractivity contribution in [2.24, 2.45) is 0 Å². The number of hydrogen-bond acceptors (Lipinski definition) is 3. The number of aromatic hydroxyl groups is 1. The molecule has 0 aliphatic carbocycles. The zero-order valence-corrected chi connectivity index (χ0v) is 28.6. The molecule has 0 aliphatic heterocycles. The molecule has 1 aromatic carbocycles. The smallest absolute Gasteiger partial charge is 0.306 e. The van der Waals surface area contributed by atoms with Gasteiger partial charge in [-0.3, -0.25) is 4.79 Å². The average molecular weight is 573 g/mol. The van der Waals surface area contributed by atoms with Gasteiger partial charge < -0.3 is 9.84 Å². The summed E-state index contributed by atoms with van der Waals surface area (Å²) in [5.74, 6) is 0.135. The molecule has 1 rings (SSSR count). The summed E-state index contributed by atoms with van der Waals surface area (Å²) in [5, 5.41) is 10.7. The normalized spacial score (nSPS) is 11.6. The highest BCUT2D eigenvalue weighted by atomic mass is 16.5. The zero-order chi connectivity index (χ0) is 31.2. The van der Waals surface area contributed by atoms with E-state index in [4.69, 9.17) is 4.74 Å². The summed E-state index contributed by atoms with van der Waals surface area (Å²) in [4.78, 5) is 11.7. The molecule has 1 N–H and O–H groups in total. The van der Waals surface area contributed by atoms with Gasteiger partial charge in [0.2, 0.25) is 0 Å². The van der Waals surface area contributed by atoms with Gasteiger partial charge in [-0.1, -0.05) is 183 Å². The van der Waals surface area contributed by atoms with E-state index in [0.717, 1.165) is 16.7 Å². The molecule has 0 saturated carbocycles. The lowest BCUT2D eigenvalue weighted by atomic mass is 9.78. The van der Waals surface area contributed by atoms with Crippen molar-refractivity contribution in [3.05, 3.63) is 41.5 Å². The summed E-state index contributed by atoms with van der Waals surface area (Å²) in [6, 6.07) is 4.01. The van der Waals surface area contributed by atoms with Gasteiger partial charge in [0.1, 0.15) is 12.4 Å².